The van der Waals surface area contributed by atoms with Crippen LogP contribution in [0.2, 0.25) is 0 Å². The molecule has 1 atom stereocenters. The lowest BCUT2D eigenvalue weighted by Gasteiger charge is -2.12. The van der Waals surface area contributed by atoms with Gasteiger partial charge in [-0.15, -0.1) is 0 Å². The average molecular weight is 307 g/mol. The third-order valence-corrected chi connectivity index (χ3v) is 4.16. The molecule has 0 aliphatic heterocycles. The van der Waals surface area contributed by atoms with E-state index in [2.05, 4.69) is 5.32 Å². The minimum atomic E-state index is -3.82. The van der Waals surface area contributed by atoms with Crippen LogP contribution in [0.15, 0.2) is 17.2 Å². The van der Waals surface area contributed by atoms with Gasteiger partial charge >= 0.3 is 0 Å². The first kappa shape index (κ1) is 16.0. The maximum atomic E-state index is 12.1. The largest absolute Gasteiger partial charge is 0.348 e. The van der Waals surface area contributed by atoms with Gasteiger partial charge in [0.05, 0.1) is 0 Å². The summed E-state index contributed by atoms with van der Waals surface area (Å²) in [4.78, 5) is 12.0. The SMILES string of the molecule is CCCn1cc(S(=O)(=O)Cl)cc1C(=O)NC(C)CC. The summed E-state index contributed by atoms with van der Waals surface area (Å²) in [6.07, 6.45) is 3.00. The molecule has 1 amide bonds. The second-order valence-corrected chi connectivity index (χ2v) is 7.04. The van der Waals surface area contributed by atoms with Gasteiger partial charge in [0.15, 0.2) is 0 Å². The highest BCUT2D eigenvalue weighted by Crippen LogP contribution is 2.19. The summed E-state index contributed by atoms with van der Waals surface area (Å²) in [5, 5.41) is 2.81. The van der Waals surface area contributed by atoms with E-state index < -0.39 is 9.05 Å². The fraction of sp³-hybridized carbons (Fsp3) is 0.583. The van der Waals surface area contributed by atoms with E-state index in [0.717, 1.165) is 12.8 Å². The molecule has 1 unspecified atom stereocenters. The van der Waals surface area contributed by atoms with Crippen LogP contribution in [0.1, 0.15) is 44.1 Å². The van der Waals surface area contributed by atoms with Gasteiger partial charge in [-0.3, -0.25) is 4.79 Å². The molecule has 0 saturated heterocycles. The molecule has 0 aliphatic carbocycles. The third-order valence-electron chi connectivity index (χ3n) is 2.84. The molecule has 1 N–H and O–H groups in total. The summed E-state index contributed by atoms with van der Waals surface area (Å²) >= 11 is 0. The number of carbonyl (C=O) groups excluding carboxylic acids is 1. The Morgan fingerprint density at radius 1 is 1.47 bits per heavy atom. The van der Waals surface area contributed by atoms with Crippen molar-refractivity contribution in [2.24, 2.45) is 0 Å². The molecule has 0 aromatic carbocycles. The zero-order chi connectivity index (χ0) is 14.6. The van der Waals surface area contributed by atoms with Crippen LogP contribution in [0.25, 0.3) is 0 Å². The fourth-order valence-electron chi connectivity index (χ4n) is 1.63. The first-order valence-electron chi connectivity index (χ1n) is 6.25. The van der Waals surface area contributed by atoms with Crippen molar-refractivity contribution < 1.29 is 13.2 Å². The third kappa shape index (κ3) is 4.24. The second-order valence-electron chi connectivity index (χ2n) is 4.48. The van der Waals surface area contributed by atoms with Crippen LogP contribution in [0.4, 0.5) is 0 Å². The molecule has 5 nitrogen and oxygen atoms in total. The molecule has 0 aliphatic rings. The van der Waals surface area contributed by atoms with E-state index in [-0.39, 0.29) is 16.8 Å². The molecule has 1 heterocycles. The summed E-state index contributed by atoms with van der Waals surface area (Å²) in [7, 11) is 1.49. The van der Waals surface area contributed by atoms with Crippen molar-refractivity contribution in [2.45, 2.75) is 51.1 Å². The number of halogens is 1. The van der Waals surface area contributed by atoms with Gasteiger partial charge in [0.2, 0.25) is 0 Å². The Morgan fingerprint density at radius 3 is 2.58 bits per heavy atom. The molecule has 108 valence electrons. The molecule has 1 aromatic heterocycles. The normalized spacial score (nSPS) is 13.3. The van der Waals surface area contributed by atoms with Crippen LogP contribution >= 0.6 is 10.7 Å². The van der Waals surface area contributed by atoms with E-state index in [9.17, 15) is 13.2 Å². The smallest absolute Gasteiger partial charge is 0.268 e. The summed E-state index contributed by atoms with van der Waals surface area (Å²) < 4.78 is 24.3. The minimum absolute atomic E-state index is 0.0357. The Bertz CT molecular complexity index is 551. The van der Waals surface area contributed by atoms with Crippen LogP contribution in [-0.2, 0) is 15.6 Å². The van der Waals surface area contributed by atoms with Crippen molar-refractivity contribution in [2.75, 3.05) is 0 Å². The Hall–Kier alpha value is -1.01. The van der Waals surface area contributed by atoms with Crippen molar-refractivity contribution >= 4 is 25.6 Å². The van der Waals surface area contributed by atoms with Crippen molar-refractivity contribution in [1.82, 2.24) is 9.88 Å². The molecule has 0 saturated carbocycles. The van der Waals surface area contributed by atoms with Crippen LogP contribution in [0, 0.1) is 0 Å². The lowest BCUT2D eigenvalue weighted by atomic mass is 10.2. The Kier molecular flexibility index (Phi) is 5.43. The maximum Gasteiger partial charge on any atom is 0.268 e. The number of carbonyl (C=O) groups is 1. The zero-order valence-electron chi connectivity index (χ0n) is 11.3. The van der Waals surface area contributed by atoms with Crippen LogP contribution in [0.5, 0.6) is 0 Å². The highest BCUT2D eigenvalue weighted by molar-refractivity contribution is 8.13. The lowest BCUT2D eigenvalue weighted by Crippen LogP contribution is -2.33. The van der Waals surface area contributed by atoms with Gasteiger partial charge in [0.1, 0.15) is 10.6 Å². The monoisotopic (exact) mass is 306 g/mol. The van der Waals surface area contributed by atoms with Crippen molar-refractivity contribution in [3.05, 3.63) is 18.0 Å². The van der Waals surface area contributed by atoms with E-state index in [1.54, 1.807) is 4.57 Å². The van der Waals surface area contributed by atoms with Gasteiger partial charge in [0, 0.05) is 29.5 Å². The number of aromatic nitrogens is 1. The summed E-state index contributed by atoms with van der Waals surface area (Å²) in [6, 6.07) is 1.35. The van der Waals surface area contributed by atoms with Gasteiger partial charge in [-0.1, -0.05) is 13.8 Å². The van der Waals surface area contributed by atoms with E-state index in [1.165, 1.54) is 12.3 Å². The fourth-order valence-corrected chi connectivity index (χ4v) is 2.39. The summed E-state index contributed by atoms with van der Waals surface area (Å²) in [5.74, 6) is -0.283. The maximum absolute atomic E-state index is 12.1. The molecule has 19 heavy (non-hydrogen) atoms. The van der Waals surface area contributed by atoms with Crippen LogP contribution in [-0.4, -0.2) is 24.9 Å². The van der Waals surface area contributed by atoms with E-state index in [1.807, 2.05) is 20.8 Å². The first-order valence-corrected chi connectivity index (χ1v) is 8.56. The Labute approximate surface area is 118 Å². The first-order chi connectivity index (χ1) is 8.79. The standard InChI is InChI=1S/C12H19ClN2O3S/c1-4-6-15-8-10(19(13,17)18)7-11(15)12(16)14-9(3)5-2/h7-9H,4-6H2,1-3H3,(H,14,16). The Balaban J connectivity index is 3.11. The molecular weight excluding hydrogens is 288 g/mol. The second kappa shape index (κ2) is 6.43. The van der Waals surface area contributed by atoms with E-state index in [0.29, 0.717) is 12.2 Å². The predicted octanol–water partition coefficient (Wildman–Crippen LogP) is 2.35. The van der Waals surface area contributed by atoms with Gasteiger partial charge < -0.3 is 9.88 Å². The number of hydrogen-bond acceptors (Lipinski definition) is 3. The molecule has 7 heteroatoms. The number of rotatable bonds is 6. The molecule has 0 fully saturated rings. The van der Waals surface area contributed by atoms with Gasteiger partial charge in [0.25, 0.3) is 15.0 Å². The highest BCUT2D eigenvalue weighted by Gasteiger charge is 2.20. The van der Waals surface area contributed by atoms with Crippen molar-refractivity contribution in [3.63, 3.8) is 0 Å². The van der Waals surface area contributed by atoms with Crippen LogP contribution in [0.3, 0.4) is 0 Å². The number of nitrogens with one attached hydrogen (secondary N) is 1. The van der Waals surface area contributed by atoms with E-state index >= 15 is 0 Å². The van der Waals surface area contributed by atoms with Gasteiger partial charge in [-0.2, -0.15) is 0 Å². The average Bonchev–Trinajstić information content (AvgIpc) is 2.73. The van der Waals surface area contributed by atoms with Crippen LogP contribution < -0.4 is 5.32 Å². The number of amides is 1. The molecule has 0 spiro atoms. The number of hydrogen-bond donors (Lipinski definition) is 1. The topological polar surface area (TPSA) is 68.2 Å². The summed E-state index contributed by atoms with van der Waals surface area (Å²) in [5.41, 5.74) is 0.321. The van der Waals surface area contributed by atoms with Gasteiger partial charge in [-0.05, 0) is 25.8 Å². The van der Waals surface area contributed by atoms with Crippen molar-refractivity contribution in [3.8, 4) is 0 Å². The number of nitrogens with zero attached hydrogens (tertiary/aromatic N) is 1. The summed E-state index contributed by atoms with van der Waals surface area (Å²) in [6.45, 7) is 6.37. The van der Waals surface area contributed by atoms with E-state index in [4.69, 9.17) is 10.7 Å². The van der Waals surface area contributed by atoms with Gasteiger partial charge in [-0.25, -0.2) is 8.42 Å². The predicted molar refractivity (Wildman–Crippen MR) is 75.0 cm³/mol. The quantitative estimate of drug-likeness (QED) is 0.820. The lowest BCUT2D eigenvalue weighted by molar-refractivity contribution is 0.0929. The van der Waals surface area contributed by atoms with Crippen molar-refractivity contribution in [1.29, 1.82) is 0 Å². The Morgan fingerprint density at radius 2 is 2.11 bits per heavy atom. The number of aryl methyl sites for hydroxylation is 1. The molecule has 1 aromatic rings. The molecule has 0 radical (unpaired) electrons. The molecule has 0 bridgehead atoms. The highest BCUT2D eigenvalue weighted by atomic mass is 35.7. The molecule has 1 rings (SSSR count). The molecular formula is C12H19ClN2O3S. The zero-order valence-corrected chi connectivity index (χ0v) is 12.9. The minimum Gasteiger partial charge on any atom is -0.348 e.